The molecule has 0 atom stereocenters. The van der Waals surface area contributed by atoms with Crippen molar-refractivity contribution in [2.75, 3.05) is 0 Å². The van der Waals surface area contributed by atoms with Crippen molar-refractivity contribution < 1.29 is 9.59 Å². The molecule has 0 saturated heterocycles. The highest BCUT2D eigenvalue weighted by Gasteiger charge is 2.50. The van der Waals surface area contributed by atoms with E-state index in [-0.39, 0.29) is 11.6 Å². The Kier molecular flexibility index (Phi) is 2.32. The summed E-state index contributed by atoms with van der Waals surface area (Å²) in [5, 5.41) is 0. The van der Waals surface area contributed by atoms with E-state index in [1.165, 1.54) is 0 Å². The Labute approximate surface area is 102 Å². The molecule has 0 spiro atoms. The first kappa shape index (κ1) is 12.0. The van der Waals surface area contributed by atoms with Crippen LogP contribution >= 0.6 is 0 Å². The summed E-state index contributed by atoms with van der Waals surface area (Å²) >= 11 is 0. The van der Waals surface area contributed by atoms with Gasteiger partial charge in [0, 0.05) is 16.4 Å². The van der Waals surface area contributed by atoms with Crippen LogP contribution in [-0.4, -0.2) is 11.6 Å². The van der Waals surface area contributed by atoms with Crippen molar-refractivity contribution in [1.29, 1.82) is 0 Å². The number of hydrogen-bond acceptors (Lipinski definition) is 2. The molecule has 1 aliphatic rings. The molecule has 1 aromatic carbocycles. The third kappa shape index (κ3) is 1.47. The van der Waals surface area contributed by atoms with Crippen LogP contribution in [0.5, 0.6) is 0 Å². The van der Waals surface area contributed by atoms with E-state index in [0.717, 1.165) is 11.1 Å². The monoisotopic (exact) mass is 230 g/mol. The predicted octanol–water partition coefficient (Wildman–Crippen LogP) is 3.03. The lowest BCUT2D eigenvalue weighted by atomic mass is 9.80. The molecule has 0 radical (unpaired) electrons. The van der Waals surface area contributed by atoms with Crippen LogP contribution in [0.25, 0.3) is 0 Å². The van der Waals surface area contributed by atoms with Crippen molar-refractivity contribution >= 4 is 11.6 Å². The number of fused-ring (bicyclic) bond motifs is 1. The van der Waals surface area contributed by atoms with Gasteiger partial charge in [0.2, 0.25) is 0 Å². The van der Waals surface area contributed by atoms with Crippen molar-refractivity contribution in [3.63, 3.8) is 0 Å². The zero-order valence-corrected chi connectivity index (χ0v) is 11.0. The molecule has 2 heteroatoms. The molecule has 2 rings (SSSR count). The molecule has 17 heavy (non-hydrogen) atoms. The third-order valence-electron chi connectivity index (χ3n) is 3.91. The molecule has 1 aliphatic carbocycles. The Hall–Kier alpha value is -1.44. The Bertz CT molecular complexity index is 522. The summed E-state index contributed by atoms with van der Waals surface area (Å²) in [5.74, 6) is 0.265. The molecule has 0 unspecified atom stereocenters. The van der Waals surface area contributed by atoms with Crippen LogP contribution < -0.4 is 0 Å². The van der Waals surface area contributed by atoms with Crippen LogP contribution in [0.15, 0.2) is 18.2 Å². The summed E-state index contributed by atoms with van der Waals surface area (Å²) in [7, 11) is 0. The molecule has 0 saturated carbocycles. The van der Waals surface area contributed by atoms with Crippen LogP contribution in [0.2, 0.25) is 0 Å². The van der Waals surface area contributed by atoms with Gasteiger partial charge in [-0.1, -0.05) is 12.1 Å². The molecule has 0 N–H and O–H groups in total. The van der Waals surface area contributed by atoms with E-state index in [0.29, 0.717) is 5.56 Å². The number of carbonyl (C=O) groups is 2. The maximum atomic E-state index is 12.4. The van der Waals surface area contributed by atoms with Crippen LogP contribution in [0.1, 0.15) is 56.1 Å². The molecule has 90 valence electrons. The maximum Gasteiger partial charge on any atom is 0.159 e. The molecular weight excluding hydrogens is 212 g/mol. The fourth-order valence-electron chi connectivity index (χ4n) is 2.85. The lowest BCUT2D eigenvalue weighted by molar-refractivity contribution is -0.126. The fourth-order valence-corrected chi connectivity index (χ4v) is 2.85. The summed E-state index contributed by atoms with van der Waals surface area (Å²) in [5.41, 5.74) is 1.79. The number of carbonyl (C=O) groups excluding carboxylic acids is 2. The van der Waals surface area contributed by atoms with Crippen LogP contribution in [0, 0.1) is 0 Å². The molecule has 0 amide bonds. The molecule has 0 bridgehead atoms. The normalized spacial score (nSPS) is 20.2. The first-order chi connectivity index (χ1) is 7.69. The molecule has 0 aromatic heterocycles. The second kappa shape index (κ2) is 3.28. The molecule has 0 heterocycles. The van der Waals surface area contributed by atoms with Crippen molar-refractivity contribution in [2.24, 2.45) is 0 Å². The van der Waals surface area contributed by atoms with E-state index >= 15 is 0 Å². The Morgan fingerprint density at radius 3 is 2.06 bits per heavy atom. The minimum atomic E-state index is -0.496. The largest absolute Gasteiger partial charge is 0.298 e. The number of Topliss-reactive ketones (excluding diaryl/α,β-unsaturated/α-hetero) is 2. The van der Waals surface area contributed by atoms with E-state index < -0.39 is 10.8 Å². The molecular formula is C15H18O2. The van der Waals surface area contributed by atoms with Crippen LogP contribution in [0.4, 0.5) is 0 Å². The van der Waals surface area contributed by atoms with Gasteiger partial charge in [0.15, 0.2) is 11.6 Å². The van der Waals surface area contributed by atoms with E-state index in [1.807, 2.05) is 45.9 Å². The van der Waals surface area contributed by atoms with E-state index in [4.69, 9.17) is 0 Å². The van der Waals surface area contributed by atoms with Gasteiger partial charge in [-0.05, 0) is 51.8 Å². The zero-order valence-electron chi connectivity index (χ0n) is 11.0. The minimum absolute atomic E-state index is 0.0424. The van der Waals surface area contributed by atoms with Crippen LogP contribution in [-0.2, 0) is 15.6 Å². The van der Waals surface area contributed by atoms with Gasteiger partial charge >= 0.3 is 0 Å². The predicted molar refractivity (Wildman–Crippen MR) is 67.5 cm³/mol. The smallest absolute Gasteiger partial charge is 0.159 e. The molecule has 0 fully saturated rings. The first-order valence-electron chi connectivity index (χ1n) is 5.90. The zero-order chi connectivity index (χ0) is 13.0. The van der Waals surface area contributed by atoms with Gasteiger partial charge in [-0.25, -0.2) is 0 Å². The summed E-state index contributed by atoms with van der Waals surface area (Å²) < 4.78 is 0. The lowest BCUT2D eigenvalue weighted by Crippen LogP contribution is -2.33. The Balaban J connectivity index is 2.73. The van der Waals surface area contributed by atoms with Gasteiger partial charge in [-0.2, -0.15) is 0 Å². The van der Waals surface area contributed by atoms with Crippen LogP contribution in [0.3, 0.4) is 0 Å². The SMILES string of the molecule is CC(=O)c1ccc2c(c1)C(C)(C)C(=O)C2(C)C. The van der Waals surface area contributed by atoms with Gasteiger partial charge in [-0.15, -0.1) is 0 Å². The standard InChI is InChI=1S/C15H18O2/c1-9(16)10-6-7-11-12(8-10)15(4,5)13(17)14(11,2)3/h6-8H,1-5H3. The topological polar surface area (TPSA) is 34.1 Å². The lowest BCUT2D eigenvalue weighted by Gasteiger charge is -2.21. The maximum absolute atomic E-state index is 12.4. The Morgan fingerprint density at radius 1 is 1.00 bits per heavy atom. The minimum Gasteiger partial charge on any atom is -0.298 e. The second-order valence-corrected chi connectivity index (χ2v) is 5.90. The van der Waals surface area contributed by atoms with E-state index in [9.17, 15) is 9.59 Å². The average Bonchev–Trinajstić information content (AvgIpc) is 2.38. The van der Waals surface area contributed by atoms with Gasteiger partial charge in [0.25, 0.3) is 0 Å². The van der Waals surface area contributed by atoms with Crippen molar-refractivity contribution in [3.8, 4) is 0 Å². The van der Waals surface area contributed by atoms with Gasteiger partial charge in [0.1, 0.15) is 0 Å². The molecule has 1 aromatic rings. The Morgan fingerprint density at radius 2 is 1.53 bits per heavy atom. The fraction of sp³-hybridized carbons (Fsp3) is 0.467. The first-order valence-corrected chi connectivity index (χ1v) is 5.90. The van der Waals surface area contributed by atoms with Crippen molar-refractivity contribution in [1.82, 2.24) is 0 Å². The van der Waals surface area contributed by atoms with Gasteiger partial charge < -0.3 is 0 Å². The number of ketones is 2. The number of benzene rings is 1. The number of rotatable bonds is 1. The van der Waals surface area contributed by atoms with Crippen molar-refractivity contribution in [3.05, 3.63) is 34.9 Å². The molecule has 0 aliphatic heterocycles. The summed E-state index contributed by atoms with van der Waals surface area (Å²) in [6.07, 6.45) is 0. The number of hydrogen-bond donors (Lipinski definition) is 0. The summed E-state index contributed by atoms with van der Waals surface area (Å²) in [6, 6.07) is 5.63. The van der Waals surface area contributed by atoms with E-state index in [2.05, 4.69) is 0 Å². The van der Waals surface area contributed by atoms with Crippen molar-refractivity contribution in [2.45, 2.75) is 45.4 Å². The highest BCUT2D eigenvalue weighted by molar-refractivity contribution is 6.04. The molecule has 2 nitrogen and oxygen atoms in total. The summed E-state index contributed by atoms with van der Waals surface area (Å²) in [4.78, 5) is 23.8. The highest BCUT2D eigenvalue weighted by atomic mass is 16.1. The highest BCUT2D eigenvalue weighted by Crippen LogP contribution is 2.46. The van der Waals surface area contributed by atoms with E-state index in [1.54, 1.807) is 6.92 Å². The van der Waals surface area contributed by atoms with Gasteiger partial charge in [0.05, 0.1) is 0 Å². The third-order valence-corrected chi connectivity index (χ3v) is 3.91. The summed E-state index contributed by atoms with van der Waals surface area (Å²) in [6.45, 7) is 9.34. The average molecular weight is 230 g/mol. The van der Waals surface area contributed by atoms with Gasteiger partial charge in [-0.3, -0.25) is 9.59 Å². The quantitative estimate of drug-likeness (QED) is 0.695. The second-order valence-electron chi connectivity index (χ2n) is 5.90.